The van der Waals surface area contributed by atoms with Crippen LogP contribution in [-0.4, -0.2) is 18.0 Å². The molecule has 0 aliphatic heterocycles. The molecule has 0 heterocycles. The van der Waals surface area contributed by atoms with E-state index in [9.17, 15) is 9.59 Å². The van der Waals surface area contributed by atoms with Crippen LogP contribution < -0.4 is 5.32 Å². The second-order valence-corrected chi connectivity index (χ2v) is 6.04. The van der Waals surface area contributed by atoms with Gasteiger partial charge in [0.25, 0.3) is 5.91 Å². The molecule has 0 aliphatic carbocycles. The second-order valence-electron chi connectivity index (χ2n) is 5.63. The van der Waals surface area contributed by atoms with Crippen LogP contribution in [0.15, 0.2) is 54.6 Å². The topological polar surface area (TPSA) is 55.4 Å². The first-order chi connectivity index (χ1) is 12.0. The van der Waals surface area contributed by atoms with Crippen LogP contribution in [-0.2, 0) is 20.9 Å². The molecule has 0 aliphatic rings. The van der Waals surface area contributed by atoms with E-state index >= 15 is 0 Å². The van der Waals surface area contributed by atoms with Crippen LogP contribution in [0.3, 0.4) is 0 Å². The Balaban J connectivity index is 1.82. The molecule has 0 radical (unpaired) electrons. The summed E-state index contributed by atoms with van der Waals surface area (Å²) >= 11 is 6.03. The van der Waals surface area contributed by atoms with Gasteiger partial charge in [0.15, 0.2) is 6.10 Å². The number of aryl methyl sites for hydroxylation is 1. The molecule has 0 unspecified atom stereocenters. The molecule has 2 aromatic rings. The van der Waals surface area contributed by atoms with E-state index in [4.69, 9.17) is 16.3 Å². The summed E-state index contributed by atoms with van der Waals surface area (Å²) in [5.74, 6) is -0.946. The van der Waals surface area contributed by atoms with Gasteiger partial charge in [-0.2, -0.15) is 0 Å². The normalized spacial score (nSPS) is 12.0. The molecule has 0 saturated carbocycles. The zero-order chi connectivity index (χ0) is 18.2. The van der Waals surface area contributed by atoms with Crippen molar-refractivity contribution in [3.8, 4) is 0 Å². The zero-order valence-electron chi connectivity index (χ0n) is 14.2. The minimum absolute atomic E-state index is 0.277. The first-order valence-electron chi connectivity index (χ1n) is 7.92. The highest BCUT2D eigenvalue weighted by Crippen LogP contribution is 2.14. The van der Waals surface area contributed by atoms with Gasteiger partial charge in [0, 0.05) is 17.6 Å². The lowest BCUT2D eigenvalue weighted by Crippen LogP contribution is -2.35. The molecule has 25 heavy (non-hydrogen) atoms. The lowest BCUT2D eigenvalue weighted by Gasteiger charge is -2.13. The maximum absolute atomic E-state index is 12.0. The maximum atomic E-state index is 12.0. The number of nitrogens with one attached hydrogen (secondary N) is 1. The number of hydrogen-bond acceptors (Lipinski definition) is 3. The summed E-state index contributed by atoms with van der Waals surface area (Å²) in [5, 5.41) is 3.28. The Kier molecular flexibility index (Phi) is 6.78. The van der Waals surface area contributed by atoms with E-state index in [-0.39, 0.29) is 12.5 Å². The van der Waals surface area contributed by atoms with Crippen molar-refractivity contribution in [2.75, 3.05) is 0 Å². The number of ether oxygens (including phenoxy) is 1. The SMILES string of the molecule is Cc1ccc(/C=C/C(=O)O[C@H](C)C(=O)NCc2ccccc2Cl)cc1. The van der Waals surface area contributed by atoms with E-state index in [0.717, 1.165) is 16.7 Å². The monoisotopic (exact) mass is 357 g/mol. The van der Waals surface area contributed by atoms with Gasteiger partial charge >= 0.3 is 5.97 Å². The van der Waals surface area contributed by atoms with Gasteiger partial charge in [0.05, 0.1) is 0 Å². The molecule has 1 amide bonds. The number of benzene rings is 2. The van der Waals surface area contributed by atoms with Gasteiger partial charge < -0.3 is 10.1 Å². The lowest BCUT2D eigenvalue weighted by atomic mass is 10.1. The molecular weight excluding hydrogens is 338 g/mol. The Bertz CT molecular complexity index is 769. The molecule has 5 heteroatoms. The molecule has 0 spiro atoms. The van der Waals surface area contributed by atoms with Gasteiger partial charge in [0.1, 0.15) is 0 Å². The molecule has 0 aromatic heterocycles. The van der Waals surface area contributed by atoms with Crippen molar-refractivity contribution in [2.45, 2.75) is 26.5 Å². The molecule has 1 N–H and O–H groups in total. The molecule has 0 bridgehead atoms. The number of amides is 1. The number of hydrogen-bond donors (Lipinski definition) is 1. The predicted octanol–water partition coefficient (Wildman–Crippen LogP) is 3.91. The molecule has 4 nitrogen and oxygen atoms in total. The summed E-state index contributed by atoms with van der Waals surface area (Å²) in [6.07, 6.45) is 2.07. The van der Waals surface area contributed by atoms with Crippen molar-refractivity contribution in [2.24, 2.45) is 0 Å². The maximum Gasteiger partial charge on any atom is 0.331 e. The van der Waals surface area contributed by atoms with Crippen LogP contribution in [0.5, 0.6) is 0 Å². The van der Waals surface area contributed by atoms with Crippen LogP contribution >= 0.6 is 11.6 Å². The Morgan fingerprint density at radius 1 is 1.16 bits per heavy atom. The molecule has 2 aromatic carbocycles. The minimum atomic E-state index is -0.891. The van der Waals surface area contributed by atoms with Crippen molar-refractivity contribution < 1.29 is 14.3 Å². The number of esters is 1. The van der Waals surface area contributed by atoms with Crippen LogP contribution in [0.2, 0.25) is 5.02 Å². The van der Waals surface area contributed by atoms with E-state index < -0.39 is 12.1 Å². The third-order valence-corrected chi connectivity index (χ3v) is 3.93. The highest BCUT2D eigenvalue weighted by molar-refractivity contribution is 6.31. The zero-order valence-corrected chi connectivity index (χ0v) is 14.9. The number of halogens is 1. The smallest absolute Gasteiger partial charge is 0.331 e. The van der Waals surface area contributed by atoms with E-state index in [0.29, 0.717) is 5.02 Å². The summed E-state index contributed by atoms with van der Waals surface area (Å²) in [6, 6.07) is 14.9. The van der Waals surface area contributed by atoms with Crippen LogP contribution in [0.25, 0.3) is 6.08 Å². The van der Waals surface area contributed by atoms with Crippen molar-refractivity contribution in [1.82, 2.24) is 5.32 Å². The molecule has 1 atom stereocenters. The standard InChI is InChI=1S/C20H20ClNO3/c1-14-7-9-16(10-8-14)11-12-19(23)25-15(2)20(24)22-13-17-5-3-4-6-18(17)21/h3-12,15H,13H2,1-2H3,(H,22,24)/b12-11+/t15-/m1/s1. The average molecular weight is 358 g/mol. The lowest BCUT2D eigenvalue weighted by molar-refractivity contribution is -0.150. The third-order valence-electron chi connectivity index (χ3n) is 3.56. The number of carbonyl (C=O) groups is 2. The quantitative estimate of drug-likeness (QED) is 0.630. The summed E-state index contributed by atoms with van der Waals surface area (Å²) in [7, 11) is 0. The minimum Gasteiger partial charge on any atom is -0.449 e. The van der Waals surface area contributed by atoms with Gasteiger partial charge in [-0.15, -0.1) is 0 Å². The van der Waals surface area contributed by atoms with Crippen LogP contribution in [0.1, 0.15) is 23.6 Å². The highest BCUT2D eigenvalue weighted by atomic mass is 35.5. The Hall–Kier alpha value is -2.59. The van der Waals surface area contributed by atoms with Crippen molar-refractivity contribution in [3.63, 3.8) is 0 Å². The molecule has 130 valence electrons. The Labute approximate surface area is 152 Å². The molecule has 0 saturated heterocycles. The first-order valence-corrected chi connectivity index (χ1v) is 8.30. The predicted molar refractivity (Wildman–Crippen MR) is 99.1 cm³/mol. The molecule has 0 fully saturated rings. The second kappa shape index (κ2) is 9.04. The van der Waals surface area contributed by atoms with Gasteiger partial charge in [-0.05, 0) is 37.1 Å². The van der Waals surface area contributed by atoms with E-state index in [2.05, 4.69) is 5.32 Å². The van der Waals surface area contributed by atoms with Crippen molar-refractivity contribution in [1.29, 1.82) is 0 Å². The van der Waals surface area contributed by atoms with Gasteiger partial charge in [0.2, 0.25) is 0 Å². The summed E-state index contributed by atoms with van der Waals surface area (Å²) in [4.78, 5) is 23.8. The summed E-state index contributed by atoms with van der Waals surface area (Å²) in [5.41, 5.74) is 2.83. The van der Waals surface area contributed by atoms with Crippen LogP contribution in [0.4, 0.5) is 0 Å². The highest BCUT2D eigenvalue weighted by Gasteiger charge is 2.16. The molecule has 2 rings (SSSR count). The average Bonchev–Trinajstić information content (AvgIpc) is 2.60. The first kappa shape index (κ1) is 18.7. The van der Waals surface area contributed by atoms with Crippen LogP contribution in [0, 0.1) is 6.92 Å². The van der Waals surface area contributed by atoms with E-state index in [1.54, 1.807) is 12.1 Å². The van der Waals surface area contributed by atoms with Crippen molar-refractivity contribution >= 4 is 29.6 Å². The Morgan fingerprint density at radius 2 is 1.84 bits per heavy atom. The summed E-state index contributed by atoms with van der Waals surface area (Å²) < 4.78 is 5.11. The summed E-state index contributed by atoms with van der Waals surface area (Å²) in [6.45, 7) is 3.80. The number of carbonyl (C=O) groups excluding carboxylic acids is 2. The third kappa shape index (κ3) is 6.08. The van der Waals surface area contributed by atoms with Gasteiger partial charge in [-0.1, -0.05) is 59.6 Å². The fourth-order valence-corrected chi connectivity index (χ4v) is 2.28. The van der Waals surface area contributed by atoms with Crippen molar-refractivity contribution in [3.05, 3.63) is 76.3 Å². The largest absolute Gasteiger partial charge is 0.449 e. The Morgan fingerprint density at radius 3 is 2.52 bits per heavy atom. The van der Waals surface area contributed by atoms with E-state index in [1.807, 2.05) is 49.4 Å². The fraction of sp³-hybridized carbons (Fsp3) is 0.200. The molecular formula is C20H20ClNO3. The van der Waals surface area contributed by atoms with Gasteiger partial charge in [-0.3, -0.25) is 4.79 Å². The van der Waals surface area contributed by atoms with Gasteiger partial charge in [-0.25, -0.2) is 4.79 Å². The number of rotatable bonds is 6. The van der Waals surface area contributed by atoms with E-state index in [1.165, 1.54) is 13.0 Å². The fourth-order valence-electron chi connectivity index (χ4n) is 2.08.